The van der Waals surface area contributed by atoms with Gasteiger partial charge in [-0.2, -0.15) is 17.5 Å². The predicted molar refractivity (Wildman–Crippen MR) is 105 cm³/mol. The lowest BCUT2D eigenvalue weighted by Gasteiger charge is -2.31. The Morgan fingerprint density at radius 2 is 1.92 bits per heavy atom. The molecule has 2 N–H and O–H groups in total. The second-order valence-corrected chi connectivity index (χ2v) is 7.94. The molecule has 156 valence electrons. The molecule has 0 aliphatic carbocycles. The fourth-order valence-electron chi connectivity index (χ4n) is 2.54. The molecule has 1 rings (SSSR count). The van der Waals surface area contributed by atoms with Crippen molar-refractivity contribution in [3.05, 3.63) is 0 Å². The molecule has 0 aromatic rings. The molecule has 0 aromatic heterocycles. The van der Waals surface area contributed by atoms with Crippen molar-refractivity contribution in [1.82, 2.24) is 14.9 Å². The fourth-order valence-corrected chi connectivity index (χ4v) is 3.53. The molecule has 1 aliphatic heterocycles. The van der Waals surface area contributed by atoms with Gasteiger partial charge in [0.25, 0.3) is 0 Å². The number of nitrogens with zero attached hydrogens (tertiary/aromatic N) is 2. The molecule has 1 heterocycles. The summed E-state index contributed by atoms with van der Waals surface area (Å²) in [5.74, 6) is 0.658. The Hall–Kier alpha value is -0.340. The van der Waals surface area contributed by atoms with E-state index in [1.165, 1.54) is 0 Å². The smallest absolute Gasteiger partial charge is 0.383 e. The summed E-state index contributed by atoms with van der Waals surface area (Å²) in [5.41, 5.74) is -5.24. The number of sulfonamides is 1. The van der Waals surface area contributed by atoms with Crippen LogP contribution < -0.4 is 10.6 Å². The SMILES string of the molecule is CCNC(=NCC1CCN(S(=O)(=O)C(F)(F)F)CC1)NC(C)COC.I. The minimum Gasteiger partial charge on any atom is -0.383 e. The van der Waals surface area contributed by atoms with E-state index < -0.39 is 15.5 Å². The molecule has 0 aromatic carbocycles. The van der Waals surface area contributed by atoms with Gasteiger partial charge in [-0.05, 0) is 32.6 Å². The van der Waals surface area contributed by atoms with Gasteiger partial charge in [-0.15, -0.1) is 24.0 Å². The van der Waals surface area contributed by atoms with Crippen LogP contribution in [0.25, 0.3) is 0 Å². The molecule has 7 nitrogen and oxygen atoms in total. The summed E-state index contributed by atoms with van der Waals surface area (Å²) in [6, 6.07) is 0.0570. The number of halogens is 4. The van der Waals surface area contributed by atoms with Gasteiger partial charge in [-0.1, -0.05) is 0 Å². The Bertz CT molecular complexity index is 538. The number of aliphatic imine (C=N–C) groups is 1. The Balaban J connectivity index is 0.00000625. The molecule has 1 atom stereocenters. The topological polar surface area (TPSA) is 83.0 Å². The largest absolute Gasteiger partial charge is 0.511 e. The first-order chi connectivity index (χ1) is 11.6. The number of hydrogen-bond donors (Lipinski definition) is 2. The van der Waals surface area contributed by atoms with Crippen LogP contribution in [0.1, 0.15) is 26.7 Å². The van der Waals surface area contributed by atoms with E-state index in [0.717, 1.165) is 0 Å². The summed E-state index contributed by atoms with van der Waals surface area (Å²) in [5, 5.41) is 6.26. The average molecular weight is 516 g/mol. The lowest BCUT2D eigenvalue weighted by Crippen LogP contribution is -2.46. The van der Waals surface area contributed by atoms with Crippen LogP contribution in [0.4, 0.5) is 13.2 Å². The summed E-state index contributed by atoms with van der Waals surface area (Å²) in [6.07, 6.45) is 0.706. The number of rotatable bonds is 7. The highest BCUT2D eigenvalue weighted by Gasteiger charge is 2.50. The maximum absolute atomic E-state index is 12.6. The lowest BCUT2D eigenvalue weighted by atomic mass is 9.98. The molecule has 1 saturated heterocycles. The molecule has 26 heavy (non-hydrogen) atoms. The monoisotopic (exact) mass is 516 g/mol. The molecule has 1 unspecified atom stereocenters. The summed E-state index contributed by atoms with van der Waals surface area (Å²) in [7, 11) is -3.62. The molecule has 0 bridgehead atoms. The van der Waals surface area contributed by atoms with Crippen molar-refractivity contribution in [3.63, 3.8) is 0 Å². The van der Waals surface area contributed by atoms with Gasteiger partial charge in [-0.25, -0.2) is 8.42 Å². The second-order valence-electron chi connectivity index (χ2n) is 6.01. The van der Waals surface area contributed by atoms with Gasteiger partial charge in [0, 0.05) is 39.3 Å². The third-order valence-corrected chi connectivity index (χ3v) is 5.49. The van der Waals surface area contributed by atoms with Gasteiger partial charge in [-0.3, -0.25) is 4.99 Å². The summed E-state index contributed by atoms with van der Waals surface area (Å²) < 4.78 is 66.0. The van der Waals surface area contributed by atoms with E-state index in [9.17, 15) is 21.6 Å². The maximum atomic E-state index is 12.6. The maximum Gasteiger partial charge on any atom is 0.511 e. The molecule has 0 saturated carbocycles. The van der Waals surface area contributed by atoms with E-state index in [2.05, 4.69) is 15.6 Å². The number of alkyl halides is 3. The Morgan fingerprint density at radius 1 is 1.35 bits per heavy atom. The molecule has 0 spiro atoms. The van der Waals surface area contributed by atoms with Gasteiger partial charge < -0.3 is 15.4 Å². The third-order valence-electron chi connectivity index (χ3n) is 3.86. The first kappa shape index (κ1) is 25.7. The van der Waals surface area contributed by atoms with Gasteiger partial charge >= 0.3 is 15.5 Å². The van der Waals surface area contributed by atoms with Gasteiger partial charge in [0.1, 0.15) is 0 Å². The fraction of sp³-hybridized carbons (Fsp3) is 0.929. The highest BCUT2D eigenvalue weighted by Crippen LogP contribution is 2.30. The highest BCUT2D eigenvalue weighted by atomic mass is 127. The standard InChI is InChI=1S/C14H27F3N4O3S.HI/c1-4-18-13(20-11(2)10-24-3)19-9-12-5-7-21(8-6-12)25(22,23)14(15,16)17;/h11-12H,4-10H2,1-3H3,(H2,18,19,20);1H. The van der Waals surface area contributed by atoms with E-state index in [4.69, 9.17) is 4.74 Å². The van der Waals surface area contributed by atoms with E-state index in [1.807, 2.05) is 13.8 Å². The predicted octanol–water partition coefficient (Wildman–Crippen LogP) is 1.76. The zero-order chi connectivity index (χ0) is 19.1. The number of ether oxygens (including phenoxy) is 1. The van der Waals surface area contributed by atoms with Crippen LogP contribution >= 0.6 is 24.0 Å². The molecule has 12 heteroatoms. The van der Waals surface area contributed by atoms with Crippen molar-refractivity contribution in [3.8, 4) is 0 Å². The van der Waals surface area contributed by atoms with Crippen LogP contribution in [0.2, 0.25) is 0 Å². The zero-order valence-corrected chi connectivity index (χ0v) is 18.3. The van der Waals surface area contributed by atoms with Crippen LogP contribution in [0.5, 0.6) is 0 Å². The van der Waals surface area contributed by atoms with Crippen LogP contribution in [0.15, 0.2) is 4.99 Å². The number of piperidine rings is 1. The van der Waals surface area contributed by atoms with Crippen LogP contribution in [0.3, 0.4) is 0 Å². The van der Waals surface area contributed by atoms with Crippen molar-refractivity contribution >= 4 is 40.0 Å². The molecule has 0 amide bonds. The van der Waals surface area contributed by atoms with Crippen molar-refractivity contribution in [2.45, 2.75) is 38.2 Å². The van der Waals surface area contributed by atoms with Crippen LogP contribution in [-0.2, 0) is 14.8 Å². The van der Waals surface area contributed by atoms with Crippen LogP contribution in [-0.4, -0.2) is 70.1 Å². The van der Waals surface area contributed by atoms with Crippen molar-refractivity contribution < 1.29 is 26.3 Å². The molecule has 0 radical (unpaired) electrons. The van der Waals surface area contributed by atoms with E-state index >= 15 is 0 Å². The van der Waals surface area contributed by atoms with E-state index in [1.54, 1.807) is 7.11 Å². The van der Waals surface area contributed by atoms with Gasteiger partial charge in [0.2, 0.25) is 0 Å². The van der Waals surface area contributed by atoms with E-state index in [0.29, 0.717) is 42.8 Å². The minimum absolute atomic E-state index is 0. The van der Waals surface area contributed by atoms with Crippen molar-refractivity contribution in [1.29, 1.82) is 0 Å². The third kappa shape index (κ3) is 7.72. The van der Waals surface area contributed by atoms with Gasteiger partial charge in [0.15, 0.2) is 5.96 Å². The first-order valence-electron chi connectivity index (χ1n) is 8.22. The Morgan fingerprint density at radius 3 is 2.38 bits per heavy atom. The quantitative estimate of drug-likeness (QED) is 0.306. The molecular formula is C14H28F3IN4O3S. The molecule has 1 fully saturated rings. The number of nitrogens with one attached hydrogen (secondary N) is 2. The second kappa shape index (κ2) is 11.5. The summed E-state index contributed by atoms with van der Waals surface area (Å²) in [6.45, 7) is 5.22. The van der Waals surface area contributed by atoms with Crippen molar-refractivity contribution in [2.24, 2.45) is 10.9 Å². The number of methoxy groups -OCH3 is 1. The normalized spacial score (nSPS) is 18.9. The zero-order valence-electron chi connectivity index (χ0n) is 15.2. The summed E-state index contributed by atoms with van der Waals surface area (Å²) in [4.78, 5) is 4.44. The molecular weight excluding hydrogens is 488 g/mol. The number of hydrogen-bond acceptors (Lipinski definition) is 4. The number of guanidine groups is 1. The Labute approximate surface area is 170 Å². The minimum atomic E-state index is -5.24. The lowest BCUT2D eigenvalue weighted by molar-refractivity contribution is -0.0496. The van der Waals surface area contributed by atoms with E-state index in [-0.39, 0.29) is 49.0 Å². The highest BCUT2D eigenvalue weighted by molar-refractivity contribution is 14.0. The van der Waals surface area contributed by atoms with Gasteiger partial charge in [0.05, 0.1) is 6.61 Å². The summed E-state index contributed by atoms with van der Waals surface area (Å²) >= 11 is 0. The first-order valence-corrected chi connectivity index (χ1v) is 9.66. The Kier molecular flexibility index (Phi) is 11.3. The van der Waals surface area contributed by atoms with Crippen LogP contribution in [0, 0.1) is 5.92 Å². The molecule has 1 aliphatic rings. The van der Waals surface area contributed by atoms with Crippen molar-refractivity contribution in [2.75, 3.05) is 39.9 Å². The average Bonchev–Trinajstić information content (AvgIpc) is 2.52.